The number of thioether (sulfide) groups is 1. The Hall–Kier alpha value is -3.80. The normalized spacial score (nSPS) is 15.5. The van der Waals surface area contributed by atoms with Gasteiger partial charge in [0, 0.05) is 22.6 Å². The minimum atomic E-state index is -0.535. The number of para-hydroxylation sites is 1. The van der Waals surface area contributed by atoms with Crippen LogP contribution in [0.5, 0.6) is 0 Å². The van der Waals surface area contributed by atoms with Crippen LogP contribution >= 0.6 is 23.1 Å². The van der Waals surface area contributed by atoms with Crippen LogP contribution in [-0.4, -0.2) is 17.6 Å². The number of allylic oxidation sites excluding steroid dienone is 2. The average molecular weight is 543 g/mol. The maximum Gasteiger partial charge on any atom is 0.254 e. The molecule has 2 amide bonds. The van der Waals surface area contributed by atoms with Crippen LogP contribution < -0.4 is 16.0 Å². The van der Waals surface area contributed by atoms with Gasteiger partial charge in [-0.25, -0.2) is 0 Å². The topological polar surface area (TPSA) is 94.0 Å². The molecule has 3 aromatic rings. The number of benzene rings is 2. The van der Waals surface area contributed by atoms with Gasteiger partial charge in [0.2, 0.25) is 5.91 Å². The third-order valence-electron chi connectivity index (χ3n) is 6.18. The van der Waals surface area contributed by atoms with E-state index in [-0.39, 0.29) is 23.0 Å². The summed E-state index contributed by atoms with van der Waals surface area (Å²) in [6.45, 7) is 8.26. The molecule has 0 radical (unpaired) electrons. The molecule has 0 bridgehead atoms. The summed E-state index contributed by atoms with van der Waals surface area (Å²) < 4.78 is 0. The molecule has 1 aromatic heterocycles. The molecule has 1 atom stereocenters. The minimum Gasteiger partial charge on any atom is -0.353 e. The van der Waals surface area contributed by atoms with E-state index >= 15 is 0 Å². The number of hydrogen-bond acceptors (Lipinski definition) is 6. The smallest absolute Gasteiger partial charge is 0.254 e. The summed E-state index contributed by atoms with van der Waals surface area (Å²) in [7, 11) is 0. The lowest BCUT2D eigenvalue weighted by atomic mass is 9.83. The zero-order chi connectivity index (χ0) is 27.3. The van der Waals surface area contributed by atoms with Gasteiger partial charge in [0.25, 0.3) is 5.91 Å². The number of thiophene rings is 1. The van der Waals surface area contributed by atoms with Gasteiger partial charge in [-0.1, -0.05) is 62.9 Å². The van der Waals surface area contributed by atoms with Crippen molar-refractivity contribution in [2.24, 2.45) is 0 Å². The molecule has 194 valence electrons. The van der Waals surface area contributed by atoms with Crippen molar-refractivity contribution >= 4 is 46.3 Å². The van der Waals surface area contributed by atoms with Gasteiger partial charge < -0.3 is 16.0 Å². The maximum absolute atomic E-state index is 13.4. The number of carbonyl (C=O) groups is 2. The highest BCUT2D eigenvalue weighted by Gasteiger charge is 2.35. The molecule has 0 saturated heterocycles. The van der Waals surface area contributed by atoms with Gasteiger partial charge in [0.15, 0.2) is 0 Å². The summed E-state index contributed by atoms with van der Waals surface area (Å²) in [6.07, 6.45) is 0. The highest BCUT2D eigenvalue weighted by atomic mass is 32.2. The second-order valence-electron chi connectivity index (χ2n) is 9.99. The first-order valence-corrected chi connectivity index (χ1v) is 14.1. The molecule has 0 aliphatic carbocycles. The summed E-state index contributed by atoms with van der Waals surface area (Å²) >= 11 is 2.77. The van der Waals surface area contributed by atoms with E-state index in [1.807, 2.05) is 78.3 Å². The summed E-state index contributed by atoms with van der Waals surface area (Å²) in [5, 5.41) is 23.8. The molecule has 1 aliphatic rings. The van der Waals surface area contributed by atoms with Gasteiger partial charge >= 0.3 is 0 Å². The Labute approximate surface area is 231 Å². The van der Waals surface area contributed by atoms with E-state index in [0.717, 1.165) is 11.3 Å². The van der Waals surface area contributed by atoms with Gasteiger partial charge in [-0.3, -0.25) is 9.59 Å². The third kappa shape index (κ3) is 6.36. The number of carbonyl (C=O) groups excluding carboxylic acids is 2. The molecular weight excluding hydrogens is 512 g/mol. The Kier molecular flexibility index (Phi) is 8.40. The van der Waals surface area contributed by atoms with Crippen LogP contribution in [0.4, 0.5) is 11.4 Å². The number of nitrogens with zero attached hydrogens (tertiary/aromatic N) is 1. The van der Waals surface area contributed by atoms with Crippen molar-refractivity contribution in [1.82, 2.24) is 5.32 Å². The minimum absolute atomic E-state index is 0.0342. The third-order valence-corrected chi connectivity index (χ3v) is 7.90. The Morgan fingerprint density at radius 2 is 1.71 bits per heavy atom. The van der Waals surface area contributed by atoms with Crippen LogP contribution in [0.3, 0.4) is 0 Å². The van der Waals surface area contributed by atoms with E-state index in [2.05, 4.69) is 42.8 Å². The second-order valence-corrected chi connectivity index (χ2v) is 11.8. The van der Waals surface area contributed by atoms with Crippen LogP contribution in [0.15, 0.2) is 93.3 Å². The largest absolute Gasteiger partial charge is 0.353 e. The van der Waals surface area contributed by atoms with Gasteiger partial charge in [-0.2, -0.15) is 16.6 Å². The van der Waals surface area contributed by atoms with Crippen molar-refractivity contribution in [3.8, 4) is 6.07 Å². The summed E-state index contributed by atoms with van der Waals surface area (Å²) in [5.74, 6) is -0.868. The van der Waals surface area contributed by atoms with Crippen LogP contribution in [0.25, 0.3) is 0 Å². The second kappa shape index (κ2) is 11.7. The molecule has 4 rings (SSSR count). The van der Waals surface area contributed by atoms with Crippen LogP contribution in [0, 0.1) is 11.3 Å². The van der Waals surface area contributed by atoms with E-state index in [0.29, 0.717) is 27.6 Å². The number of anilines is 2. The number of rotatable bonds is 7. The van der Waals surface area contributed by atoms with E-state index in [9.17, 15) is 14.9 Å². The molecule has 3 N–H and O–H groups in total. The molecular formula is C30H30N4O2S2. The zero-order valence-corrected chi connectivity index (χ0v) is 23.4. The quantitative estimate of drug-likeness (QED) is 0.307. The highest BCUT2D eigenvalue weighted by Crippen LogP contribution is 2.41. The lowest BCUT2D eigenvalue weighted by molar-refractivity contribution is -0.114. The van der Waals surface area contributed by atoms with Crippen molar-refractivity contribution in [2.45, 2.75) is 39.0 Å². The molecule has 38 heavy (non-hydrogen) atoms. The Morgan fingerprint density at radius 3 is 2.32 bits per heavy atom. The molecule has 0 spiro atoms. The van der Waals surface area contributed by atoms with Crippen molar-refractivity contribution in [3.05, 3.63) is 104 Å². The number of dihydropyridines is 1. The predicted molar refractivity (Wildman–Crippen MR) is 157 cm³/mol. The monoisotopic (exact) mass is 542 g/mol. The molecule has 0 fully saturated rings. The SMILES string of the molecule is CC1=C(C(=O)Nc2ccccc2)C(c2ccsc2)C(C#N)=C(SCC(=O)Nc2ccc(C(C)(C)C)cc2)N1. The molecule has 8 heteroatoms. The standard InChI is InChI=1S/C30H30N4O2S2/c1-19-26(28(36)34-22-8-6-5-7-9-22)27(20-14-15-37-17-20)24(16-31)29(32-19)38-18-25(35)33-23-12-10-21(11-13-23)30(2,3)4/h5-15,17,27,32H,18H2,1-4H3,(H,33,35)(H,34,36). The number of nitriles is 1. The first kappa shape index (κ1) is 27.2. The molecule has 6 nitrogen and oxygen atoms in total. The first-order valence-electron chi connectivity index (χ1n) is 12.2. The fourth-order valence-corrected chi connectivity index (χ4v) is 5.79. The van der Waals surface area contributed by atoms with E-state index in [4.69, 9.17) is 0 Å². The van der Waals surface area contributed by atoms with Gasteiger partial charge in [-0.15, -0.1) is 0 Å². The van der Waals surface area contributed by atoms with E-state index in [1.54, 1.807) is 0 Å². The molecule has 1 aliphatic heterocycles. The zero-order valence-electron chi connectivity index (χ0n) is 21.8. The lowest BCUT2D eigenvalue weighted by Gasteiger charge is -2.29. The van der Waals surface area contributed by atoms with Crippen molar-refractivity contribution in [2.75, 3.05) is 16.4 Å². The van der Waals surface area contributed by atoms with Crippen LogP contribution in [-0.2, 0) is 15.0 Å². The van der Waals surface area contributed by atoms with Crippen molar-refractivity contribution in [3.63, 3.8) is 0 Å². The van der Waals surface area contributed by atoms with Crippen molar-refractivity contribution < 1.29 is 9.59 Å². The van der Waals surface area contributed by atoms with E-state index in [1.165, 1.54) is 28.7 Å². The highest BCUT2D eigenvalue weighted by molar-refractivity contribution is 8.03. The molecule has 2 aromatic carbocycles. The van der Waals surface area contributed by atoms with Gasteiger partial charge in [0.05, 0.1) is 28.3 Å². The summed E-state index contributed by atoms with van der Waals surface area (Å²) in [6, 6.07) is 21.3. The fourth-order valence-electron chi connectivity index (χ4n) is 4.21. The molecule has 0 saturated carbocycles. The fraction of sp³-hybridized carbons (Fsp3) is 0.233. The van der Waals surface area contributed by atoms with E-state index < -0.39 is 5.92 Å². The average Bonchev–Trinajstić information content (AvgIpc) is 3.42. The van der Waals surface area contributed by atoms with Crippen molar-refractivity contribution in [1.29, 1.82) is 5.26 Å². The Balaban J connectivity index is 1.53. The Bertz CT molecular complexity index is 1410. The molecule has 2 heterocycles. The predicted octanol–water partition coefficient (Wildman–Crippen LogP) is 6.75. The maximum atomic E-state index is 13.4. The first-order chi connectivity index (χ1) is 18.2. The van der Waals surface area contributed by atoms with Crippen LogP contribution in [0.1, 0.15) is 44.7 Å². The number of hydrogen-bond donors (Lipinski definition) is 3. The molecule has 1 unspecified atom stereocenters. The summed E-state index contributed by atoms with van der Waals surface area (Å²) in [5.41, 5.74) is 5.04. The van der Waals surface area contributed by atoms with Gasteiger partial charge in [-0.05, 0) is 64.6 Å². The lowest BCUT2D eigenvalue weighted by Crippen LogP contribution is -2.31. The number of nitrogens with one attached hydrogen (secondary N) is 3. The van der Waals surface area contributed by atoms with Crippen LogP contribution in [0.2, 0.25) is 0 Å². The number of amides is 2. The summed E-state index contributed by atoms with van der Waals surface area (Å²) in [4.78, 5) is 26.2. The Morgan fingerprint density at radius 1 is 1.03 bits per heavy atom. The van der Waals surface area contributed by atoms with Gasteiger partial charge in [0.1, 0.15) is 0 Å².